The van der Waals surface area contributed by atoms with Gasteiger partial charge >= 0.3 is 0 Å². The van der Waals surface area contributed by atoms with Crippen molar-refractivity contribution in [1.82, 2.24) is 15.0 Å². The van der Waals surface area contributed by atoms with Crippen molar-refractivity contribution in [2.75, 3.05) is 6.61 Å². The molecule has 0 aliphatic heterocycles. The van der Waals surface area contributed by atoms with Gasteiger partial charge in [-0.3, -0.25) is 9.78 Å². The number of H-pyrrole nitrogens is 1. The number of benzene rings is 1. The zero-order valence-electron chi connectivity index (χ0n) is 11.7. The van der Waals surface area contributed by atoms with Gasteiger partial charge in [-0.1, -0.05) is 19.1 Å². The van der Waals surface area contributed by atoms with Gasteiger partial charge in [-0.15, -0.1) is 0 Å². The van der Waals surface area contributed by atoms with E-state index in [4.69, 9.17) is 4.74 Å². The first-order chi connectivity index (χ1) is 10.3. The SMILES string of the molecule is CCCOc1ccccc1-c1nc2cnccc2c(=O)[nH]1. The zero-order valence-corrected chi connectivity index (χ0v) is 11.7. The topological polar surface area (TPSA) is 67.9 Å². The molecule has 0 fully saturated rings. The van der Waals surface area contributed by atoms with Gasteiger partial charge in [-0.2, -0.15) is 0 Å². The number of nitrogens with one attached hydrogen (secondary N) is 1. The summed E-state index contributed by atoms with van der Waals surface area (Å²) in [6, 6.07) is 9.20. The Kier molecular flexibility index (Phi) is 3.64. The van der Waals surface area contributed by atoms with Crippen molar-refractivity contribution in [3.05, 3.63) is 53.1 Å². The van der Waals surface area contributed by atoms with Crippen molar-refractivity contribution < 1.29 is 4.74 Å². The summed E-state index contributed by atoms with van der Waals surface area (Å²) < 4.78 is 5.71. The minimum Gasteiger partial charge on any atom is -0.493 e. The van der Waals surface area contributed by atoms with Gasteiger partial charge in [-0.25, -0.2) is 4.98 Å². The van der Waals surface area contributed by atoms with Gasteiger partial charge in [0, 0.05) is 6.20 Å². The van der Waals surface area contributed by atoms with E-state index in [1.165, 1.54) is 0 Å². The van der Waals surface area contributed by atoms with Gasteiger partial charge in [0.2, 0.25) is 0 Å². The Morgan fingerprint density at radius 1 is 1.24 bits per heavy atom. The molecular weight excluding hydrogens is 266 g/mol. The Morgan fingerprint density at radius 2 is 2.10 bits per heavy atom. The maximum atomic E-state index is 12.1. The summed E-state index contributed by atoms with van der Waals surface area (Å²) in [6.07, 6.45) is 4.08. The van der Waals surface area contributed by atoms with Crippen molar-refractivity contribution in [1.29, 1.82) is 0 Å². The molecule has 0 spiro atoms. The summed E-state index contributed by atoms with van der Waals surface area (Å²) in [6.45, 7) is 2.67. The van der Waals surface area contributed by atoms with Gasteiger partial charge in [0.05, 0.1) is 29.3 Å². The maximum absolute atomic E-state index is 12.1. The molecule has 0 aliphatic carbocycles. The lowest BCUT2D eigenvalue weighted by Gasteiger charge is -2.10. The molecule has 5 nitrogen and oxygen atoms in total. The molecule has 0 unspecified atom stereocenters. The Bertz CT molecular complexity index is 827. The number of hydrogen-bond acceptors (Lipinski definition) is 4. The second-order valence-electron chi connectivity index (χ2n) is 4.65. The fourth-order valence-corrected chi connectivity index (χ4v) is 2.12. The normalized spacial score (nSPS) is 10.7. The number of para-hydroxylation sites is 1. The summed E-state index contributed by atoms with van der Waals surface area (Å²) in [7, 11) is 0. The van der Waals surface area contributed by atoms with Gasteiger partial charge in [0.25, 0.3) is 5.56 Å². The Hall–Kier alpha value is -2.69. The van der Waals surface area contributed by atoms with Crippen LogP contribution in [0.5, 0.6) is 5.75 Å². The fraction of sp³-hybridized carbons (Fsp3) is 0.188. The smallest absolute Gasteiger partial charge is 0.259 e. The third kappa shape index (κ3) is 2.63. The van der Waals surface area contributed by atoms with E-state index < -0.39 is 0 Å². The Morgan fingerprint density at radius 3 is 2.95 bits per heavy atom. The average molecular weight is 281 g/mol. The third-order valence-electron chi connectivity index (χ3n) is 3.11. The van der Waals surface area contributed by atoms with E-state index in [-0.39, 0.29) is 5.56 Å². The van der Waals surface area contributed by atoms with E-state index in [2.05, 4.69) is 15.0 Å². The molecule has 3 rings (SSSR count). The lowest BCUT2D eigenvalue weighted by Crippen LogP contribution is -2.10. The van der Waals surface area contributed by atoms with Crippen LogP contribution in [0.1, 0.15) is 13.3 Å². The molecule has 3 aromatic rings. The first kappa shape index (κ1) is 13.3. The largest absolute Gasteiger partial charge is 0.493 e. The van der Waals surface area contributed by atoms with E-state index in [1.54, 1.807) is 18.5 Å². The van der Waals surface area contributed by atoms with E-state index in [0.29, 0.717) is 29.1 Å². The molecule has 0 atom stereocenters. The fourth-order valence-electron chi connectivity index (χ4n) is 2.12. The number of aromatic amines is 1. The van der Waals surface area contributed by atoms with Gasteiger partial charge in [0.1, 0.15) is 11.6 Å². The predicted octanol–water partition coefficient (Wildman–Crippen LogP) is 2.77. The van der Waals surface area contributed by atoms with Crippen LogP contribution in [0.15, 0.2) is 47.5 Å². The highest BCUT2D eigenvalue weighted by Gasteiger charge is 2.10. The number of rotatable bonds is 4. The molecule has 2 heterocycles. The molecule has 106 valence electrons. The summed E-state index contributed by atoms with van der Waals surface area (Å²) in [5, 5.41) is 0.528. The van der Waals surface area contributed by atoms with Crippen LogP contribution < -0.4 is 10.3 Å². The van der Waals surface area contributed by atoms with E-state index in [9.17, 15) is 4.79 Å². The highest BCUT2D eigenvalue weighted by atomic mass is 16.5. The zero-order chi connectivity index (χ0) is 14.7. The number of fused-ring (bicyclic) bond motifs is 1. The number of hydrogen-bond donors (Lipinski definition) is 1. The van der Waals surface area contributed by atoms with Crippen LogP contribution in [-0.2, 0) is 0 Å². The summed E-state index contributed by atoms with van der Waals surface area (Å²) in [4.78, 5) is 23.4. The quantitative estimate of drug-likeness (QED) is 0.798. The number of ether oxygens (including phenoxy) is 1. The van der Waals surface area contributed by atoms with Gasteiger partial charge in [-0.05, 0) is 24.6 Å². The maximum Gasteiger partial charge on any atom is 0.259 e. The third-order valence-corrected chi connectivity index (χ3v) is 3.11. The van der Waals surface area contributed by atoms with Crippen molar-refractivity contribution in [3.63, 3.8) is 0 Å². The molecule has 0 amide bonds. The Balaban J connectivity index is 2.14. The molecule has 1 N–H and O–H groups in total. The van der Waals surface area contributed by atoms with E-state index >= 15 is 0 Å². The van der Waals surface area contributed by atoms with Crippen molar-refractivity contribution >= 4 is 10.9 Å². The highest BCUT2D eigenvalue weighted by Crippen LogP contribution is 2.27. The summed E-state index contributed by atoms with van der Waals surface area (Å²) in [5.41, 5.74) is 1.16. The molecule has 2 aromatic heterocycles. The number of aromatic nitrogens is 3. The average Bonchev–Trinajstić information content (AvgIpc) is 2.53. The number of nitrogens with zero attached hydrogens (tertiary/aromatic N) is 2. The lowest BCUT2D eigenvalue weighted by atomic mass is 10.2. The van der Waals surface area contributed by atoms with Crippen LogP contribution in [0, 0.1) is 0 Å². The molecule has 0 bridgehead atoms. The van der Waals surface area contributed by atoms with Crippen molar-refractivity contribution in [3.8, 4) is 17.1 Å². The minimum absolute atomic E-state index is 0.178. The predicted molar refractivity (Wildman–Crippen MR) is 81.4 cm³/mol. The van der Waals surface area contributed by atoms with Crippen LogP contribution in [0.2, 0.25) is 0 Å². The van der Waals surface area contributed by atoms with Crippen LogP contribution >= 0.6 is 0 Å². The van der Waals surface area contributed by atoms with E-state index in [1.807, 2.05) is 31.2 Å². The van der Waals surface area contributed by atoms with Crippen LogP contribution in [0.4, 0.5) is 0 Å². The molecule has 1 aromatic carbocycles. The summed E-state index contributed by atoms with van der Waals surface area (Å²) in [5.74, 6) is 1.21. The van der Waals surface area contributed by atoms with Crippen molar-refractivity contribution in [2.24, 2.45) is 0 Å². The standard InChI is InChI=1S/C16H15N3O2/c1-2-9-21-14-6-4-3-5-12(14)15-18-13-10-17-8-7-11(13)16(20)19-15/h3-8,10H,2,9H2,1H3,(H,18,19,20). The second-order valence-corrected chi connectivity index (χ2v) is 4.65. The van der Waals surface area contributed by atoms with Gasteiger partial charge < -0.3 is 9.72 Å². The van der Waals surface area contributed by atoms with Gasteiger partial charge in [0.15, 0.2) is 0 Å². The van der Waals surface area contributed by atoms with E-state index in [0.717, 1.165) is 12.0 Å². The minimum atomic E-state index is -0.178. The molecule has 0 aliphatic rings. The van der Waals surface area contributed by atoms with Crippen LogP contribution in [-0.4, -0.2) is 21.6 Å². The van der Waals surface area contributed by atoms with Crippen molar-refractivity contribution in [2.45, 2.75) is 13.3 Å². The number of pyridine rings is 1. The molecule has 0 radical (unpaired) electrons. The second kappa shape index (κ2) is 5.75. The van der Waals surface area contributed by atoms with Crippen LogP contribution in [0.3, 0.4) is 0 Å². The molecule has 21 heavy (non-hydrogen) atoms. The first-order valence-corrected chi connectivity index (χ1v) is 6.86. The molecule has 5 heteroatoms. The molecule has 0 saturated carbocycles. The molecular formula is C16H15N3O2. The summed E-state index contributed by atoms with van der Waals surface area (Å²) >= 11 is 0. The lowest BCUT2D eigenvalue weighted by molar-refractivity contribution is 0.318. The molecule has 0 saturated heterocycles. The van der Waals surface area contributed by atoms with Crippen LogP contribution in [0.25, 0.3) is 22.3 Å². The monoisotopic (exact) mass is 281 g/mol. The highest BCUT2D eigenvalue weighted by molar-refractivity contribution is 5.79. The Labute approximate surface area is 121 Å². The first-order valence-electron chi connectivity index (χ1n) is 6.86.